The van der Waals surface area contributed by atoms with Gasteiger partial charge in [0.25, 0.3) is 0 Å². The summed E-state index contributed by atoms with van der Waals surface area (Å²) in [5, 5.41) is 9.41. The van der Waals surface area contributed by atoms with Crippen LogP contribution < -0.4 is 0 Å². The Balaban J connectivity index is 1.74. The van der Waals surface area contributed by atoms with E-state index in [2.05, 4.69) is 6.92 Å². The summed E-state index contributed by atoms with van der Waals surface area (Å²) in [4.78, 5) is 43.4. The van der Waals surface area contributed by atoms with Gasteiger partial charge >= 0.3 is 5.97 Å². The fourth-order valence-corrected chi connectivity index (χ4v) is 7.26. The molecule has 1 spiro atoms. The van der Waals surface area contributed by atoms with Gasteiger partial charge in [-0.25, -0.2) is 0 Å². The summed E-state index contributed by atoms with van der Waals surface area (Å²) in [6, 6.07) is -0.707. The van der Waals surface area contributed by atoms with E-state index < -0.39 is 22.6 Å². The van der Waals surface area contributed by atoms with Crippen LogP contribution in [0.5, 0.6) is 0 Å². The van der Waals surface area contributed by atoms with Crippen molar-refractivity contribution in [2.45, 2.75) is 48.6 Å². The second kappa shape index (κ2) is 8.75. The zero-order valence-corrected chi connectivity index (χ0v) is 18.2. The van der Waals surface area contributed by atoms with Crippen LogP contribution in [0.3, 0.4) is 0 Å². The van der Waals surface area contributed by atoms with E-state index in [4.69, 9.17) is 4.74 Å². The van der Waals surface area contributed by atoms with Crippen LogP contribution in [-0.2, 0) is 19.1 Å². The van der Waals surface area contributed by atoms with Crippen LogP contribution >= 0.6 is 11.8 Å². The van der Waals surface area contributed by atoms with E-state index in [1.54, 1.807) is 0 Å². The second-order valence-corrected chi connectivity index (χ2v) is 9.86. The van der Waals surface area contributed by atoms with Gasteiger partial charge in [0.2, 0.25) is 11.8 Å². The normalized spacial score (nSPS) is 35.5. The van der Waals surface area contributed by atoms with Crippen molar-refractivity contribution in [3.8, 4) is 0 Å². The van der Waals surface area contributed by atoms with Crippen molar-refractivity contribution in [2.24, 2.45) is 11.8 Å². The zero-order chi connectivity index (χ0) is 21.3. The minimum atomic E-state index is -0.814. The molecule has 5 atom stereocenters. The highest BCUT2D eigenvalue weighted by atomic mass is 32.2. The van der Waals surface area contributed by atoms with Crippen molar-refractivity contribution < 1.29 is 24.2 Å². The number of fused-ring (bicyclic) bond motifs is 2. The molecule has 0 aliphatic carbocycles. The van der Waals surface area contributed by atoms with E-state index in [1.165, 1.54) is 16.7 Å². The number of carbonyl (C=O) groups excluding carboxylic acids is 3. The van der Waals surface area contributed by atoms with Crippen LogP contribution in [0.4, 0.5) is 0 Å². The van der Waals surface area contributed by atoms with Gasteiger partial charge in [0.15, 0.2) is 0 Å². The van der Waals surface area contributed by atoms with Gasteiger partial charge in [0, 0.05) is 24.9 Å². The molecule has 2 amide bonds. The lowest BCUT2D eigenvalue weighted by atomic mass is 9.78. The Morgan fingerprint density at radius 1 is 1.20 bits per heavy atom. The van der Waals surface area contributed by atoms with Crippen LogP contribution in [0, 0.1) is 11.8 Å². The number of likely N-dealkylation sites (tertiary alicyclic amines) is 1. The monoisotopic (exact) mass is 434 g/mol. The van der Waals surface area contributed by atoms with Crippen molar-refractivity contribution in [3.63, 3.8) is 0 Å². The number of cyclic esters (lactones) is 1. The highest BCUT2D eigenvalue weighted by Crippen LogP contribution is 2.60. The molecule has 0 bridgehead atoms. The van der Waals surface area contributed by atoms with Crippen LogP contribution in [0.25, 0.3) is 0 Å². The lowest BCUT2D eigenvalue weighted by Gasteiger charge is -2.35. The Labute approximate surface area is 181 Å². The molecule has 0 aromatic heterocycles. The third-order valence-corrected chi connectivity index (χ3v) is 8.32. The third kappa shape index (κ3) is 3.38. The molecule has 2 fully saturated rings. The fraction of sp³-hybridized carbons (Fsp3) is 0.682. The summed E-state index contributed by atoms with van der Waals surface area (Å²) in [5.41, 5.74) is 0. The van der Waals surface area contributed by atoms with Gasteiger partial charge in [-0.15, -0.1) is 11.8 Å². The van der Waals surface area contributed by atoms with Gasteiger partial charge < -0.3 is 19.6 Å². The number of hydrogen-bond acceptors (Lipinski definition) is 6. The van der Waals surface area contributed by atoms with Crippen LogP contribution in [0.2, 0.25) is 0 Å². The molecule has 0 radical (unpaired) electrons. The Hall–Kier alpha value is -1.80. The molecule has 7 nitrogen and oxygen atoms in total. The first-order valence-electron chi connectivity index (χ1n) is 10.9. The molecule has 4 heterocycles. The molecule has 2 saturated heterocycles. The SMILES string of the molecule is CCCCCN1CC=C[C@]23S[C@H]4C=CCCOC(=O)[C@H]4[C@H]2C(=O)N(CCO)C3C1=O. The van der Waals surface area contributed by atoms with Crippen molar-refractivity contribution in [3.05, 3.63) is 24.3 Å². The number of carbonyl (C=O) groups is 3. The van der Waals surface area contributed by atoms with Gasteiger partial charge in [-0.2, -0.15) is 0 Å². The molecule has 8 heteroatoms. The highest BCUT2D eigenvalue weighted by molar-refractivity contribution is 8.02. The number of esters is 1. The highest BCUT2D eigenvalue weighted by Gasteiger charge is 2.70. The van der Waals surface area contributed by atoms with E-state index in [1.807, 2.05) is 29.2 Å². The number of nitrogens with zero attached hydrogens (tertiary/aromatic N) is 2. The second-order valence-electron chi connectivity index (χ2n) is 8.38. The minimum absolute atomic E-state index is 0.0838. The largest absolute Gasteiger partial charge is 0.465 e. The molecule has 30 heavy (non-hydrogen) atoms. The van der Waals surface area contributed by atoms with Crippen LogP contribution in [0.1, 0.15) is 32.6 Å². The maximum absolute atomic E-state index is 13.7. The molecule has 164 valence electrons. The van der Waals surface area contributed by atoms with Crippen molar-refractivity contribution in [2.75, 3.05) is 32.8 Å². The standard InChI is InChI=1S/C22H30N2O5S/c1-2-3-5-10-23-11-7-9-22-17(19(26)24(12-13-25)18(22)20(23)27)16-15(30-22)8-4-6-14-29-21(16)28/h4,7-9,15-18,25H,2-3,5-6,10-14H2,1H3/t15-,16+,17-,18?,22-/m0/s1. The first-order chi connectivity index (χ1) is 14.5. The maximum Gasteiger partial charge on any atom is 0.311 e. The number of ether oxygens (including phenoxy) is 1. The maximum atomic E-state index is 13.7. The lowest BCUT2D eigenvalue weighted by Crippen LogP contribution is -2.53. The molecule has 4 rings (SSSR count). The smallest absolute Gasteiger partial charge is 0.311 e. The number of hydrogen-bond donors (Lipinski definition) is 1. The summed E-state index contributed by atoms with van der Waals surface area (Å²) in [6.07, 6.45) is 11.7. The van der Waals surface area contributed by atoms with E-state index in [9.17, 15) is 19.5 Å². The topological polar surface area (TPSA) is 87.2 Å². The number of amides is 2. The number of β-amino-alcohol motifs (C(OH)–C–C–N with tert-alkyl or cyclic N) is 1. The minimum Gasteiger partial charge on any atom is -0.465 e. The van der Waals surface area contributed by atoms with E-state index in [-0.39, 0.29) is 36.2 Å². The third-order valence-electron chi connectivity index (χ3n) is 6.58. The summed E-state index contributed by atoms with van der Waals surface area (Å²) in [5.74, 6) is -1.95. The summed E-state index contributed by atoms with van der Waals surface area (Å²) in [7, 11) is 0. The lowest BCUT2D eigenvalue weighted by molar-refractivity contribution is -0.153. The molecule has 4 aliphatic rings. The molecule has 4 aliphatic heterocycles. The average Bonchev–Trinajstić information content (AvgIpc) is 3.09. The molecule has 1 N–H and O–H groups in total. The van der Waals surface area contributed by atoms with Gasteiger partial charge in [0.1, 0.15) is 6.04 Å². The molecular weight excluding hydrogens is 404 g/mol. The Bertz CT molecular complexity index is 769. The first kappa shape index (κ1) is 21.4. The zero-order valence-electron chi connectivity index (χ0n) is 17.4. The predicted molar refractivity (Wildman–Crippen MR) is 114 cm³/mol. The molecule has 1 unspecified atom stereocenters. The Kier molecular flexibility index (Phi) is 6.25. The fourth-order valence-electron chi connectivity index (χ4n) is 5.26. The van der Waals surface area contributed by atoms with Gasteiger partial charge in [0.05, 0.1) is 29.8 Å². The first-order valence-corrected chi connectivity index (χ1v) is 11.8. The van der Waals surface area contributed by atoms with E-state index >= 15 is 0 Å². The van der Waals surface area contributed by atoms with Crippen LogP contribution in [0.15, 0.2) is 24.3 Å². The number of unbranched alkanes of at least 4 members (excludes halogenated alkanes) is 2. The number of aliphatic hydroxyl groups excluding tert-OH is 1. The van der Waals surface area contributed by atoms with Crippen LogP contribution in [-0.4, -0.2) is 81.6 Å². The summed E-state index contributed by atoms with van der Waals surface area (Å²) >= 11 is 1.54. The average molecular weight is 435 g/mol. The van der Waals surface area contributed by atoms with Crippen molar-refractivity contribution >= 4 is 29.5 Å². The number of thioether (sulfide) groups is 1. The van der Waals surface area contributed by atoms with E-state index in [0.29, 0.717) is 26.1 Å². The Morgan fingerprint density at radius 2 is 2.03 bits per heavy atom. The predicted octanol–water partition coefficient (Wildman–Crippen LogP) is 1.37. The van der Waals surface area contributed by atoms with Gasteiger partial charge in [-0.3, -0.25) is 14.4 Å². The van der Waals surface area contributed by atoms with Crippen molar-refractivity contribution in [1.29, 1.82) is 0 Å². The molecule has 0 saturated carbocycles. The van der Waals surface area contributed by atoms with Crippen molar-refractivity contribution in [1.82, 2.24) is 9.80 Å². The summed E-state index contributed by atoms with van der Waals surface area (Å²) < 4.78 is 4.61. The van der Waals surface area contributed by atoms with Gasteiger partial charge in [-0.05, 0) is 12.8 Å². The molecule has 0 aromatic carbocycles. The Morgan fingerprint density at radius 3 is 2.80 bits per heavy atom. The van der Waals surface area contributed by atoms with E-state index in [0.717, 1.165) is 19.3 Å². The quantitative estimate of drug-likeness (QED) is 0.386. The number of rotatable bonds is 6. The number of aliphatic hydroxyl groups is 1. The molecular formula is C22H30N2O5S. The molecule has 0 aromatic rings. The van der Waals surface area contributed by atoms with Gasteiger partial charge in [-0.1, -0.05) is 44.1 Å². The summed E-state index contributed by atoms with van der Waals surface area (Å²) in [6.45, 7) is 3.45.